The summed E-state index contributed by atoms with van der Waals surface area (Å²) in [5, 5.41) is 7.11. The number of halogens is 1. The molecule has 3 aromatic rings. The fraction of sp³-hybridized carbons (Fsp3) is 0. The monoisotopic (exact) mass is 314 g/mol. The van der Waals surface area contributed by atoms with E-state index >= 15 is 0 Å². The molecule has 4 nitrogen and oxygen atoms in total. The molecule has 0 saturated carbocycles. The first kappa shape index (κ1) is 11.9. The molecule has 0 aliphatic rings. The number of pyridine rings is 1. The number of hydrogen-bond donors (Lipinski definition) is 2. The minimum atomic E-state index is 0.490. The third-order valence-corrected chi connectivity index (χ3v) is 3.42. The minimum absolute atomic E-state index is 0.490. The van der Waals surface area contributed by atoms with Gasteiger partial charge in [-0.05, 0) is 29.8 Å². The Hall–Kier alpha value is -2.14. The van der Waals surface area contributed by atoms with Crippen LogP contribution in [0, 0.1) is 0 Å². The number of nitrogen functional groups attached to an aromatic ring is 1. The number of anilines is 1. The van der Waals surface area contributed by atoms with Gasteiger partial charge in [0, 0.05) is 22.4 Å². The van der Waals surface area contributed by atoms with Gasteiger partial charge in [0.2, 0.25) is 0 Å². The molecule has 0 bridgehead atoms. The predicted molar refractivity (Wildman–Crippen MR) is 79.4 cm³/mol. The Morgan fingerprint density at radius 1 is 0.947 bits per heavy atom. The van der Waals surface area contributed by atoms with Gasteiger partial charge in [0.15, 0.2) is 5.82 Å². The Balaban J connectivity index is 2.16. The topological polar surface area (TPSA) is 67.6 Å². The van der Waals surface area contributed by atoms with Gasteiger partial charge in [-0.1, -0.05) is 28.1 Å². The number of rotatable bonds is 2. The van der Waals surface area contributed by atoms with Gasteiger partial charge in [0.1, 0.15) is 0 Å². The van der Waals surface area contributed by atoms with Crippen LogP contribution in [0.2, 0.25) is 0 Å². The second-order valence-electron chi connectivity index (χ2n) is 4.10. The molecular weight excluding hydrogens is 304 g/mol. The summed E-state index contributed by atoms with van der Waals surface area (Å²) in [6.45, 7) is 0. The maximum Gasteiger partial charge on any atom is 0.153 e. The number of nitrogens with two attached hydrogens (primary N) is 1. The van der Waals surface area contributed by atoms with Crippen molar-refractivity contribution in [1.82, 2.24) is 15.2 Å². The van der Waals surface area contributed by atoms with Crippen LogP contribution in [0.15, 0.2) is 53.3 Å². The van der Waals surface area contributed by atoms with Gasteiger partial charge < -0.3 is 5.73 Å². The third-order valence-electron chi connectivity index (χ3n) is 2.90. The zero-order valence-electron chi connectivity index (χ0n) is 9.97. The van der Waals surface area contributed by atoms with Gasteiger partial charge in [0.05, 0.1) is 11.3 Å². The zero-order chi connectivity index (χ0) is 13.2. The number of H-pyrrole nitrogens is 1. The Bertz CT molecular complexity index is 689. The van der Waals surface area contributed by atoms with Gasteiger partial charge in [-0.3, -0.25) is 10.1 Å². The van der Waals surface area contributed by atoms with E-state index in [1.807, 2.05) is 36.4 Å². The molecule has 0 aliphatic heterocycles. The van der Waals surface area contributed by atoms with Crippen LogP contribution < -0.4 is 5.73 Å². The summed E-state index contributed by atoms with van der Waals surface area (Å²) in [5.41, 5.74) is 9.83. The fourth-order valence-corrected chi connectivity index (χ4v) is 2.26. The molecule has 0 radical (unpaired) electrons. The molecule has 94 valence electrons. The van der Waals surface area contributed by atoms with Gasteiger partial charge >= 0.3 is 0 Å². The smallest absolute Gasteiger partial charge is 0.153 e. The van der Waals surface area contributed by atoms with E-state index in [1.54, 1.807) is 12.4 Å². The lowest BCUT2D eigenvalue weighted by molar-refractivity contribution is 1.10. The fourth-order valence-electron chi connectivity index (χ4n) is 1.99. The summed E-state index contributed by atoms with van der Waals surface area (Å²) in [6.07, 6.45) is 3.49. The first-order valence-corrected chi connectivity index (χ1v) is 6.55. The van der Waals surface area contributed by atoms with Crippen molar-refractivity contribution in [2.45, 2.75) is 0 Å². The summed E-state index contributed by atoms with van der Waals surface area (Å²) >= 11 is 3.43. The van der Waals surface area contributed by atoms with Crippen molar-refractivity contribution in [3.05, 3.63) is 53.3 Å². The Kier molecular flexibility index (Phi) is 3.05. The maximum absolute atomic E-state index is 5.97. The first-order chi connectivity index (χ1) is 9.25. The van der Waals surface area contributed by atoms with E-state index in [2.05, 4.69) is 31.1 Å². The molecule has 2 heterocycles. The average Bonchev–Trinajstić information content (AvgIpc) is 2.82. The summed E-state index contributed by atoms with van der Waals surface area (Å²) < 4.78 is 1.04. The lowest BCUT2D eigenvalue weighted by Gasteiger charge is -2.04. The number of nitrogens with one attached hydrogen (secondary N) is 1. The summed E-state index contributed by atoms with van der Waals surface area (Å²) in [4.78, 5) is 4.02. The first-order valence-electron chi connectivity index (χ1n) is 5.76. The van der Waals surface area contributed by atoms with E-state index in [-0.39, 0.29) is 0 Å². The molecule has 3 rings (SSSR count). The third kappa shape index (κ3) is 2.24. The van der Waals surface area contributed by atoms with E-state index in [9.17, 15) is 0 Å². The van der Waals surface area contributed by atoms with E-state index in [4.69, 9.17) is 5.73 Å². The van der Waals surface area contributed by atoms with Crippen molar-refractivity contribution in [1.29, 1.82) is 0 Å². The van der Waals surface area contributed by atoms with Crippen molar-refractivity contribution < 1.29 is 0 Å². The van der Waals surface area contributed by atoms with Crippen LogP contribution in [0.3, 0.4) is 0 Å². The average molecular weight is 315 g/mol. The summed E-state index contributed by atoms with van der Waals surface area (Å²) in [6, 6.07) is 11.8. The molecular formula is C14H11BrN4. The van der Waals surface area contributed by atoms with Crippen molar-refractivity contribution in [3.8, 4) is 22.4 Å². The lowest BCUT2D eigenvalue weighted by atomic mass is 10.0. The maximum atomic E-state index is 5.97. The minimum Gasteiger partial charge on any atom is -0.382 e. The molecule has 0 fully saturated rings. The molecule has 3 N–H and O–H groups in total. The molecule has 2 aromatic heterocycles. The highest BCUT2D eigenvalue weighted by Crippen LogP contribution is 2.34. The van der Waals surface area contributed by atoms with Gasteiger partial charge in [-0.2, -0.15) is 5.10 Å². The molecule has 0 atom stereocenters. The second-order valence-corrected chi connectivity index (χ2v) is 5.02. The number of nitrogens with zero attached hydrogens (tertiary/aromatic N) is 2. The zero-order valence-corrected chi connectivity index (χ0v) is 11.6. The van der Waals surface area contributed by atoms with Gasteiger partial charge in [-0.15, -0.1) is 0 Å². The van der Waals surface area contributed by atoms with Crippen LogP contribution in [0.25, 0.3) is 22.4 Å². The Morgan fingerprint density at radius 2 is 1.63 bits per heavy atom. The van der Waals surface area contributed by atoms with Crippen LogP contribution in [0.1, 0.15) is 0 Å². The predicted octanol–water partition coefficient (Wildman–Crippen LogP) is 3.48. The molecule has 5 heteroatoms. The molecule has 0 spiro atoms. The van der Waals surface area contributed by atoms with Crippen molar-refractivity contribution in [3.63, 3.8) is 0 Å². The van der Waals surface area contributed by atoms with E-state index < -0.39 is 0 Å². The highest BCUT2D eigenvalue weighted by Gasteiger charge is 2.14. The van der Waals surface area contributed by atoms with Gasteiger partial charge in [-0.25, -0.2) is 0 Å². The quantitative estimate of drug-likeness (QED) is 0.761. The standard InChI is InChI=1S/C14H11BrN4/c15-11-3-1-10(2-4-11)13-12(14(16)19-18-13)9-5-7-17-8-6-9/h1-8H,(H3,16,18,19). The highest BCUT2D eigenvalue weighted by atomic mass is 79.9. The largest absolute Gasteiger partial charge is 0.382 e. The van der Waals surface area contributed by atoms with Crippen LogP contribution in [-0.2, 0) is 0 Å². The number of hydrogen-bond acceptors (Lipinski definition) is 3. The van der Waals surface area contributed by atoms with Gasteiger partial charge in [0.25, 0.3) is 0 Å². The second kappa shape index (κ2) is 4.85. The molecule has 0 saturated heterocycles. The van der Waals surface area contributed by atoms with Crippen LogP contribution in [0.5, 0.6) is 0 Å². The van der Waals surface area contributed by atoms with Crippen molar-refractivity contribution in [2.24, 2.45) is 0 Å². The Labute approximate surface area is 118 Å². The SMILES string of the molecule is Nc1n[nH]c(-c2ccc(Br)cc2)c1-c1ccncc1. The molecule has 0 unspecified atom stereocenters. The van der Waals surface area contributed by atoms with E-state index in [0.29, 0.717) is 5.82 Å². The lowest BCUT2D eigenvalue weighted by Crippen LogP contribution is -1.89. The number of aromatic amines is 1. The van der Waals surface area contributed by atoms with Crippen LogP contribution >= 0.6 is 15.9 Å². The summed E-state index contributed by atoms with van der Waals surface area (Å²) in [7, 11) is 0. The molecule has 0 aliphatic carbocycles. The van der Waals surface area contributed by atoms with E-state index in [0.717, 1.165) is 26.9 Å². The van der Waals surface area contributed by atoms with Crippen molar-refractivity contribution >= 4 is 21.7 Å². The Morgan fingerprint density at radius 3 is 2.32 bits per heavy atom. The van der Waals surface area contributed by atoms with Crippen LogP contribution in [0.4, 0.5) is 5.82 Å². The number of aromatic nitrogens is 3. The van der Waals surface area contributed by atoms with Crippen molar-refractivity contribution in [2.75, 3.05) is 5.73 Å². The molecule has 1 aromatic carbocycles. The van der Waals surface area contributed by atoms with E-state index in [1.165, 1.54) is 0 Å². The van der Waals surface area contributed by atoms with Crippen LogP contribution in [-0.4, -0.2) is 15.2 Å². The molecule has 0 amide bonds. The normalized spacial score (nSPS) is 10.6. The highest BCUT2D eigenvalue weighted by molar-refractivity contribution is 9.10. The number of benzene rings is 1. The summed E-state index contributed by atoms with van der Waals surface area (Å²) in [5.74, 6) is 0.490. The molecule has 19 heavy (non-hydrogen) atoms.